The standard InChI is InChI=1S/C17H18N4O3/c1-11(2)24-16-6-5-12(9-18-16)10-19-17(22)14-8-13(20-21-14)15-4-3-7-23-15/h3-9,11H,10H2,1-2H3,(H,19,22)(H,20,21). The molecule has 0 aliphatic rings. The second-order valence-electron chi connectivity index (χ2n) is 5.50. The summed E-state index contributed by atoms with van der Waals surface area (Å²) in [6, 6.07) is 8.86. The van der Waals surface area contributed by atoms with E-state index in [9.17, 15) is 4.79 Å². The molecule has 24 heavy (non-hydrogen) atoms. The summed E-state index contributed by atoms with van der Waals surface area (Å²) in [7, 11) is 0. The minimum atomic E-state index is -0.272. The minimum Gasteiger partial charge on any atom is -0.475 e. The van der Waals surface area contributed by atoms with E-state index in [0.717, 1.165) is 5.56 Å². The fraction of sp³-hybridized carbons (Fsp3) is 0.235. The van der Waals surface area contributed by atoms with Crippen molar-refractivity contribution in [3.05, 3.63) is 54.0 Å². The number of ether oxygens (including phenoxy) is 1. The number of aromatic nitrogens is 3. The maximum Gasteiger partial charge on any atom is 0.272 e. The Bertz CT molecular complexity index is 792. The first-order valence-corrected chi connectivity index (χ1v) is 7.61. The van der Waals surface area contributed by atoms with Gasteiger partial charge in [-0.1, -0.05) is 6.07 Å². The SMILES string of the molecule is CC(C)Oc1ccc(CNC(=O)c2cc(-c3ccco3)[nH]n2)cn1. The minimum absolute atomic E-state index is 0.0751. The van der Waals surface area contributed by atoms with Crippen LogP contribution in [-0.4, -0.2) is 27.2 Å². The molecule has 2 N–H and O–H groups in total. The monoisotopic (exact) mass is 326 g/mol. The maximum atomic E-state index is 12.1. The van der Waals surface area contributed by atoms with E-state index in [4.69, 9.17) is 9.15 Å². The first-order valence-electron chi connectivity index (χ1n) is 7.61. The zero-order chi connectivity index (χ0) is 16.9. The number of pyridine rings is 1. The van der Waals surface area contributed by atoms with Gasteiger partial charge in [0.05, 0.1) is 12.4 Å². The van der Waals surface area contributed by atoms with Crippen LogP contribution in [-0.2, 0) is 6.54 Å². The van der Waals surface area contributed by atoms with Crippen LogP contribution in [0.1, 0.15) is 29.9 Å². The average Bonchev–Trinajstić information content (AvgIpc) is 3.24. The van der Waals surface area contributed by atoms with E-state index in [1.807, 2.05) is 19.9 Å². The molecule has 0 bridgehead atoms. The van der Waals surface area contributed by atoms with Crippen LogP contribution in [0.5, 0.6) is 5.88 Å². The molecule has 0 spiro atoms. The van der Waals surface area contributed by atoms with Crippen LogP contribution < -0.4 is 10.1 Å². The highest BCUT2D eigenvalue weighted by Crippen LogP contribution is 2.17. The van der Waals surface area contributed by atoms with E-state index >= 15 is 0 Å². The summed E-state index contributed by atoms with van der Waals surface area (Å²) in [4.78, 5) is 16.3. The second-order valence-corrected chi connectivity index (χ2v) is 5.50. The summed E-state index contributed by atoms with van der Waals surface area (Å²) < 4.78 is 10.7. The number of aromatic amines is 1. The number of nitrogens with one attached hydrogen (secondary N) is 2. The fourth-order valence-corrected chi connectivity index (χ4v) is 2.10. The summed E-state index contributed by atoms with van der Waals surface area (Å²) in [6.45, 7) is 4.24. The van der Waals surface area contributed by atoms with E-state index in [1.54, 1.807) is 36.7 Å². The van der Waals surface area contributed by atoms with Gasteiger partial charge in [0.25, 0.3) is 5.91 Å². The van der Waals surface area contributed by atoms with Crippen molar-refractivity contribution in [2.45, 2.75) is 26.5 Å². The zero-order valence-corrected chi connectivity index (χ0v) is 13.4. The normalized spacial score (nSPS) is 10.8. The van der Waals surface area contributed by atoms with E-state index in [-0.39, 0.29) is 12.0 Å². The molecule has 0 saturated carbocycles. The van der Waals surface area contributed by atoms with E-state index in [0.29, 0.717) is 29.6 Å². The lowest BCUT2D eigenvalue weighted by molar-refractivity contribution is 0.0946. The third-order valence-corrected chi connectivity index (χ3v) is 3.20. The van der Waals surface area contributed by atoms with Gasteiger partial charge in [-0.05, 0) is 31.5 Å². The zero-order valence-electron chi connectivity index (χ0n) is 13.4. The molecule has 3 aromatic heterocycles. The van der Waals surface area contributed by atoms with Crippen LogP contribution in [0.15, 0.2) is 47.2 Å². The molecule has 0 aliphatic carbocycles. The Balaban J connectivity index is 1.57. The molecule has 0 fully saturated rings. The van der Waals surface area contributed by atoms with Gasteiger partial charge in [-0.15, -0.1) is 0 Å². The lowest BCUT2D eigenvalue weighted by Crippen LogP contribution is -2.23. The lowest BCUT2D eigenvalue weighted by Gasteiger charge is -2.09. The summed E-state index contributed by atoms with van der Waals surface area (Å²) in [6.07, 6.45) is 3.32. The van der Waals surface area contributed by atoms with Crippen LogP contribution in [0, 0.1) is 0 Å². The molecule has 0 atom stereocenters. The molecule has 0 radical (unpaired) electrons. The van der Waals surface area contributed by atoms with Gasteiger partial charge in [0.1, 0.15) is 5.69 Å². The number of amides is 1. The molecule has 0 unspecified atom stereocenters. The Morgan fingerprint density at radius 2 is 2.25 bits per heavy atom. The Kier molecular flexibility index (Phi) is 4.60. The Hall–Kier alpha value is -3.09. The van der Waals surface area contributed by atoms with Gasteiger partial charge < -0.3 is 14.5 Å². The number of furan rings is 1. The van der Waals surface area contributed by atoms with Crippen LogP contribution in [0.25, 0.3) is 11.5 Å². The third kappa shape index (κ3) is 3.81. The molecule has 3 aromatic rings. The van der Waals surface area contributed by atoms with Crippen molar-refractivity contribution in [1.29, 1.82) is 0 Å². The summed E-state index contributed by atoms with van der Waals surface area (Å²) in [5.41, 5.74) is 1.83. The Morgan fingerprint density at radius 3 is 2.92 bits per heavy atom. The third-order valence-electron chi connectivity index (χ3n) is 3.20. The van der Waals surface area contributed by atoms with Crippen LogP contribution in [0.2, 0.25) is 0 Å². The molecule has 0 aromatic carbocycles. The van der Waals surface area contributed by atoms with Gasteiger partial charge in [-0.3, -0.25) is 9.89 Å². The number of H-pyrrole nitrogens is 1. The predicted molar refractivity (Wildman–Crippen MR) is 87.5 cm³/mol. The number of hydrogen-bond donors (Lipinski definition) is 2. The number of carbonyl (C=O) groups excluding carboxylic acids is 1. The first kappa shape index (κ1) is 15.8. The van der Waals surface area contributed by atoms with Crippen molar-refractivity contribution in [2.24, 2.45) is 0 Å². The highest BCUT2D eigenvalue weighted by molar-refractivity contribution is 5.93. The van der Waals surface area contributed by atoms with Crippen molar-refractivity contribution >= 4 is 5.91 Å². The topological polar surface area (TPSA) is 93.0 Å². The van der Waals surface area contributed by atoms with E-state index in [2.05, 4.69) is 20.5 Å². The molecule has 3 heterocycles. The smallest absolute Gasteiger partial charge is 0.272 e. The molecule has 1 amide bonds. The second kappa shape index (κ2) is 6.99. The number of rotatable bonds is 6. The molecule has 0 saturated heterocycles. The molecule has 7 heteroatoms. The van der Waals surface area contributed by atoms with Gasteiger partial charge in [-0.2, -0.15) is 5.10 Å². The van der Waals surface area contributed by atoms with E-state index in [1.165, 1.54) is 0 Å². The highest BCUT2D eigenvalue weighted by Gasteiger charge is 2.12. The van der Waals surface area contributed by atoms with Crippen molar-refractivity contribution in [3.63, 3.8) is 0 Å². The molecular weight excluding hydrogens is 308 g/mol. The Morgan fingerprint density at radius 1 is 1.38 bits per heavy atom. The summed E-state index contributed by atoms with van der Waals surface area (Å²) >= 11 is 0. The molecule has 0 aliphatic heterocycles. The highest BCUT2D eigenvalue weighted by atomic mass is 16.5. The van der Waals surface area contributed by atoms with Gasteiger partial charge in [-0.25, -0.2) is 4.98 Å². The largest absolute Gasteiger partial charge is 0.475 e. The Labute approximate surface area is 139 Å². The van der Waals surface area contributed by atoms with Crippen LogP contribution >= 0.6 is 0 Å². The molecule has 3 rings (SSSR count). The molecule has 7 nitrogen and oxygen atoms in total. The van der Waals surface area contributed by atoms with Gasteiger partial charge in [0, 0.05) is 24.9 Å². The first-order chi connectivity index (χ1) is 11.6. The van der Waals surface area contributed by atoms with Crippen molar-refractivity contribution < 1.29 is 13.9 Å². The van der Waals surface area contributed by atoms with Gasteiger partial charge >= 0.3 is 0 Å². The maximum absolute atomic E-state index is 12.1. The van der Waals surface area contributed by atoms with Crippen molar-refractivity contribution in [1.82, 2.24) is 20.5 Å². The number of nitrogens with zero attached hydrogens (tertiary/aromatic N) is 2. The summed E-state index contributed by atoms with van der Waals surface area (Å²) in [5, 5.41) is 9.58. The number of hydrogen-bond acceptors (Lipinski definition) is 5. The lowest BCUT2D eigenvalue weighted by atomic mass is 10.2. The summed E-state index contributed by atoms with van der Waals surface area (Å²) in [5.74, 6) is 0.925. The quantitative estimate of drug-likeness (QED) is 0.726. The average molecular weight is 326 g/mol. The fourth-order valence-electron chi connectivity index (χ4n) is 2.10. The van der Waals surface area contributed by atoms with Gasteiger partial charge in [0.15, 0.2) is 11.5 Å². The van der Waals surface area contributed by atoms with Crippen molar-refractivity contribution in [2.75, 3.05) is 0 Å². The van der Waals surface area contributed by atoms with Crippen molar-refractivity contribution in [3.8, 4) is 17.3 Å². The van der Waals surface area contributed by atoms with E-state index < -0.39 is 0 Å². The van der Waals surface area contributed by atoms with Gasteiger partial charge in [0.2, 0.25) is 5.88 Å². The molecular formula is C17H18N4O3. The van der Waals surface area contributed by atoms with Crippen LogP contribution in [0.3, 0.4) is 0 Å². The van der Waals surface area contributed by atoms with Crippen LogP contribution in [0.4, 0.5) is 0 Å². The molecule has 124 valence electrons. The number of carbonyl (C=O) groups is 1. The predicted octanol–water partition coefficient (Wildman–Crippen LogP) is 2.78.